The van der Waals surface area contributed by atoms with Crippen LogP contribution in [0.25, 0.3) is 6.08 Å². The minimum absolute atomic E-state index is 0.440. The summed E-state index contributed by atoms with van der Waals surface area (Å²) in [6.07, 6.45) is 6.88. The van der Waals surface area contributed by atoms with Crippen molar-refractivity contribution in [2.24, 2.45) is 0 Å². The SMILES string of the molecule is CCC[C]1C=Cc2ccccc21.[I][Ti][I]. The van der Waals surface area contributed by atoms with Crippen LogP contribution in [0.1, 0.15) is 30.9 Å². The van der Waals surface area contributed by atoms with Gasteiger partial charge in [0, 0.05) is 5.92 Å². The molecule has 15 heavy (non-hydrogen) atoms. The summed E-state index contributed by atoms with van der Waals surface area (Å²) in [6.45, 7) is 2.22. The van der Waals surface area contributed by atoms with E-state index in [9.17, 15) is 0 Å². The number of allylic oxidation sites excluding steroid dienone is 1. The summed E-state index contributed by atoms with van der Waals surface area (Å²) in [5, 5.41) is 0. The van der Waals surface area contributed by atoms with Crippen LogP contribution in [0.2, 0.25) is 0 Å². The first-order valence-corrected chi connectivity index (χ1v) is 15.0. The Balaban J connectivity index is 0.000000337. The third-order valence-electron chi connectivity index (χ3n) is 2.29. The molecular weight excluding hydrogens is 446 g/mol. The van der Waals surface area contributed by atoms with Crippen LogP contribution in [0.3, 0.4) is 0 Å². The van der Waals surface area contributed by atoms with Crippen molar-refractivity contribution in [3.8, 4) is 0 Å². The van der Waals surface area contributed by atoms with Gasteiger partial charge in [-0.25, -0.2) is 0 Å². The van der Waals surface area contributed by atoms with Crippen molar-refractivity contribution < 1.29 is 11.7 Å². The van der Waals surface area contributed by atoms with Crippen LogP contribution >= 0.6 is 38.4 Å². The third-order valence-corrected chi connectivity index (χ3v) is 2.29. The predicted molar refractivity (Wildman–Crippen MR) is 80.8 cm³/mol. The fraction of sp³-hybridized carbons (Fsp3) is 0.250. The number of hydrogen-bond acceptors (Lipinski definition) is 0. The second-order valence-corrected chi connectivity index (χ2v) is 16.4. The molecule has 1 aromatic carbocycles. The Morgan fingerprint density at radius 2 is 1.80 bits per heavy atom. The zero-order chi connectivity index (χ0) is 11.1. The van der Waals surface area contributed by atoms with Gasteiger partial charge >= 0.3 is 50.0 Å². The Bertz CT molecular complexity index is 323. The summed E-state index contributed by atoms with van der Waals surface area (Å²) < 4.78 is 0. The molecule has 0 saturated heterocycles. The van der Waals surface area contributed by atoms with Crippen molar-refractivity contribution in [2.45, 2.75) is 19.8 Å². The molecule has 0 spiro atoms. The second kappa shape index (κ2) is 8.26. The molecule has 2 rings (SSSR count). The molecule has 1 radical (unpaired) electrons. The van der Waals surface area contributed by atoms with Gasteiger partial charge in [-0.15, -0.1) is 0 Å². The molecule has 3 heteroatoms. The molecule has 0 N–H and O–H groups in total. The standard InChI is InChI=1S/C12H13.2HI.Ti/c1-2-5-10-8-9-11-6-3-4-7-12(10)11;;;/h3-4,6-9H,2,5H2,1H3;2*1H;/q;;;+2/p-2. The van der Waals surface area contributed by atoms with E-state index in [0.29, 0.717) is 11.7 Å². The van der Waals surface area contributed by atoms with Crippen LogP contribution in [-0.2, 0) is 11.7 Å². The first-order chi connectivity index (χ1) is 7.33. The molecule has 1 aliphatic rings. The maximum absolute atomic E-state index is 2.40. The van der Waals surface area contributed by atoms with Crippen LogP contribution in [0.5, 0.6) is 0 Å². The van der Waals surface area contributed by atoms with Crippen molar-refractivity contribution in [3.05, 3.63) is 47.4 Å². The summed E-state index contributed by atoms with van der Waals surface area (Å²) in [4.78, 5) is 0. The van der Waals surface area contributed by atoms with E-state index in [0.717, 1.165) is 0 Å². The molecule has 0 heterocycles. The number of hydrogen-bond donors (Lipinski definition) is 0. The molecule has 0 bridgehead atoms. The van der Waals surface area contributed by atoms with Crippen molar-refractivity contribution in [1.29, 1.82) is 0 Å². The first kappa shape index (κ1) is 14.2. The number of benzene rings is 1. The van der Waals surface area contributed by atoms with Gasteiger partial charge in [0.1, 0.15) is 0 Å². The number of rotatable bonds is 2. The van der Waals surface area contributed by atoms with Gasteiger partial charge in [0.25, 0.3) is 0 Å². The fourth-order valence-corrected chi connectivity index (χ4v) is 1.70. The van der Waals surface area contributed by atoms with E-state index in [1.165, 1.54) is 29.9 Å². The van der Waals surface area contributed by atoms with Gasteiger partial charge in [0.2, 0.25) is 0 Å². The normalized spacial score (nSPS) is 13.0. The molecule has 79 valence electrons. The van der Waals surface area contributed by atoms with Crippen molar-refractivity contribution >= 4 is 44.5 Å². The van der Waals surface area contributed by atoms with Gasteiger partial charge in [0.05, 0.1) is 0 Å². The molecule has 1 aliphatic carbocycles. The van der Waals surface area contributed by atoms with Crippen molar-refractivity contribution in [3.63, 3.8) is 0 Å². The average Bonchev–Trinajstić information content (AvgIpc) is 2.64. The zero-order valence-corrected chi connectivity index (χ0v) is 14.5. The quantitative estimate of drug-likeness (QED) is 0.422. The Hall–Kier alpha value is 1.13. The van der Waals surface area contributed by atoms with E-state index in [1.807, 2.05) is 0 Å². The summed E-state index contributed by atoms with van der Waals surface area (Å²) in [7, 11) is 0. The number of halogens is 2. The molecule has 0 atom stereocenters. The zero-order valence-electron chi connectivity index (χ0n) is 8.63. The third kappa shape index (κ3) is 4.48. The predicted octanol–water partition coefficient (Wildman–Crippen LogP) is 5.20. The van der Waals surface area contributed by atoms with Crippen molar-refractivity contribution in [2.75, 3.05) is 0 Å². The summed E-state index contributed by atoms with van der Waals surface area (Å²) >= 11 is 5.24. The summed E-state index contributed by atoms with van der Waals surface area (Å²) in [6, 6.07) is 8.59. The van der Waals surface area contributed by atoms with Gasteiger partial charge in [-0.2, -0.15) is 0 Å². The van der Waals surface area contributed by atoms with Crippen LogP contribution < -0.4 is 0 Å². The Labute approximate surface area is 122 Å². The monoisotopic (exact) mass is 459 g/mol. The molecule has 0 aliphatic heterocycles. The minimum atomic E-state index is 0.440. The van der Waals surface area contributed by atoms with Gasteiger partial charge in [-0.05, 0) is 17.5 Å². The Kier molecular flexibility index (Phi) is 7.82. The summed E-state index contributed by atoms with van der Waals surface area (Å²) in [5.74, 6) is 1.49. The van der Waals surface area contributed by atoms with Gasteiger partial charge in [-0.3, -0.25) is 0 Å². The van der Waals surface area contributed by atoms with Crippen LogP contribution in [0.15, 0.2) is 30.3 Å². The second-order valence-electron chi connectivity index (χ2n) is 3.27. The van der Waals surface area contributed by atoms with E-state index in [-0.39, 0.29) is 0 Å². The molecule has 0 saturated carbocycles. The van der Waals surface area contributed by atoms with E-state index in [4.69, 9.17) is 0 Å². The first-order valence-electron chi connectivity index (χ1n) is 4.93. The Morgan fingerprint density at radius 1 is 1.13 bits per heavy atom. The van der Waals surface area contributed by atoms with Crippen LogP contribution in [-0.4, -0.2) is 0 Å². The molecule has 0 nitrogen and oxygen atoms in total. The molecule has 0 amide bonds. The van der Waals surface area contributed by atoms with E-state index >= 15 is 0 Å². The number of fused-ring (bicyclic) bond motifs is 1. The van der Waals surface area contributed by atoms with E-state index in [2.05, 4.69) is 81.7 Å². The molecule has 0 fully saturated rings. The molecule has 0 aromatic heterocycles. The fourth-order valence-electron chi connectivity index (χ4n) is 1.70. The van der Waals surface area contributed by atoms with Crippen molar-refractivity contribution in [1.82, 2.24) is 0 Å². The van der Waals surface area contributed by atoms with Gasteiger partial charge in [0.15, 0.2) is 0 Å². The van der Waals surface area contributed by atoms with E-state index in [1.54, 1.807) is 0 Å². The average molecular weight is 459 g/mol. The Morgan fingerprint density at radius 3 is 2.47 bits per heavy atom. The van der Waals surface area contributed by atoms with Gasteiger partial charge in [-0.1, -0.05) is 49.8 Å². The molecular formula is C12H13I2Ti. The summed E-state index contributed by atoms with van der Waals surface area (Å²) in [5.41, 5.74) is 2.81. The van der Waals surface area contributed by atoms with Crippen LogP contribution in [0, 0.1) is 5.92 Å². The topological polar surface area (TPSA) is 0 Å². The molecule has 0 unspecified atom stereocenters. The van der Waals surface area contributed by atoms with Crippen LogP contribution in [0.4, 0.5) is 0 Å². The van der Waals surface area contributed by atoms with E-state index < -0.39 is 0 Å². The molecule has 1 aromatic rings. The van der Waals surface area contributed by atoms with Gasteiger partial charge < -0.3 is 0 Å². The maximum atomic E-state index is 2.40.